The van der Waals surface area contributed by atoms with Crippen molar-refractivity contribution in [1.82, 2.24) is 15.0 Å². The summed E-state index contributed by atoms with van der Waals surface area (Å²) in [5.41, 5.74) is 0.454. The molecule has 10 heteroatoms. The van der Waals surface area contributed by atoms with Crippen molar-refractivity contribution in [3.63, 3.8) is 0 Å². The monoisotopic (exact) mass is 434 g/mol. The maximum atomic E-state index is 12.8. The van der Waals surface area contributed by atoms with Gasteiger partial charge in [0.05, 0.1) is 25.2 Å². The maximum Gasteiger partial charge on any atom is 0.266 e. The van der Waals surface area contributed by atoms with Gasteiger partial charge < -0.3 is 28.5 Å². The molecule has 0 radical (unpaired) electrons. The zero-order chi connectivity index (χ0) is 20.7. The Morgan fingerprint density at radius 2 is 1.97 bits per heavy atom. The van der Waals surface area contributed by atoms with Crippen LogP contribution in [0, 0.1) is 6.92 Å². The van der Waals surface area contributed by atoms with Crippen LogP contribution in [0.1, 0.15) is 30.7 Å². The third-order valence-corrected chi connectivity index (χ3v) is 6.28. The summed E-state index contributed by atoms with van der Waals surface area (Å²) in [6.45, 7) is 4.80. The zero-order valence-electron chi connectivity index (χ0n) is 16.7. The number of hydrogen-bond acceptors (Lipinski definition) is 8. The van der Waals surface area contributed by atoms with E-state index >= 15 is 0 Å². The van der Waals surface area contributed by atoms with Crippen molar-refractivity contribution in [2.24, 2.45) is 0 Å². The van der Waals surface area contributed by atoms with Crippen molar-refractivity contribution >= 4 is 23.5 Å². The normalized spacial score (nSPS) is 20.7. The highest BCUT2D eigenvalue weighted by Crippen LogP contribution is 2.38. The molecule has 0 saturated carbocycles. The van der Waals surface area contributed by atoms with Gasteiger partial charge in [0, 0.05) is 37.6 Å². The molecule has 1 aromatic heterocycles. The van der Waals surface area contributed by atoms with E-state index in [9.17, 15) is 4.79 Å². The van der Waals surface area contributed by atoms with E-state index in [4.69, 9.17) is 30.3 Å². The number of benzene rings is 1. The lowest BCUT2D eigenvalue weighted by Gasteiger charge is -2.42. The summed E-state index contributed by atoms with van der Waals surface area (Å²) >= 11 is 6.45. The van der Waals surface area contributed by atoms with Gasteiger partial charge in [-0.3, -0.25) is 4.79 Å². The van der Waals surface area contributed by atoms with Crippen LogP contribution in [0.2, 0.25) is 5.02 Å². The van der Waals surface area contributed by atoms with Gasteiger partial charge in [-0.2, -0.15) is 4.98 Å². The number of anilines is 1. The number of carbonyl (C=O) groups excluding carboxylic acids is 1. The van der Waals surface area contributed by atoms with E-state index in [2.05, 4.69) is 15.0 Å². The summed E-state index contributed by atoms with van der Waals surface area (Å²) in [6, 6.07) is 3.61. The van der Waals surface area contributed by atoms with Crippen LogP contribution in [0.5, 0.6) is 11.5 Å². The number of carbonyl (C=O) groups is 1. The predicted octanol–water partition coefficient (Wildman–Crippen LogP) is 2.55. The van der Waals surface area contributed by atoms with Crippen molar-refractivity contribution in [3.05, 3.63) is 28.6 Å². The second-order valence-corrected chi connectivity index (χ2v) is 8.34. The molecule has 2 aromatic rings. The molecule has 1 amide bonds. The summed E-state index contributed by atoms with van der Waals surface area (Å²) in [5, 5.41) is 4.57. The fraction of sp³-hybridized carbons (Fsp3) is 0.550. The summed E-state index contributed by atoms with van der Waals surface area (Å²) in [4.78, 5) is 21.0. The highest BCUT2D eigenvalue weighted by Gasteiger charge is 2.41. The molecular formula is C20H23ClN4O5. The van der Waals surface area contributed by atoms with Gasteiger partial charge in [-0.05, 0) is 29.6 Å². The highest BCUT2D eigenvalue weighted by atomic mass is 35.5. The number of piperidine rings is 1. The Kier molecular flexibility index (Phi) is 4.94. The molecule has 0 aliphatic carbocycles. The minimum absolute atomic E-state index is 0.0665. The second kappa shape index (κ2) is 7.63. The fourth-order valence-corrected chi connectivity index (χ4v) is 4.47. The lowest BCUT2D eigenvalue weighted by molar-refractivity contribution is -0.132. The largest absolute Gasteiger partial charge is 0.454 e. The number of nitrogens with zero attached hydrogens (tertiary/aromatic N) is 4. The van der Waals surface area contributed by atoms with Gasteiger partial charge in [0.1, 0.15) is 0 Å². The third-order valence-electron chi connectivity index (χ3n) is 5.93. The van der Waals surface area contributed by atoms with Crippen LogP contribution in [0.4, 0.5) is 5.95 Å². The van der Waals surface area contributed by atoms with Crippen molar-refractivity contribution < 1.29 is 23.5 Å². The number of aryl methyl sites for hydroxylation is 1. The molecule has 30 heavy (non-hydrogen) atoms. The first-order valence-corrected chi connectivity index (χ1v) is 10.4. The predicted molar refractivity (Wildman–Crippen MR) is 107 cm³/mol. The van der Waals surface area contributed by atoms with E-state index < -0.39 is 0 Å². The van der Waals surface area contributed by atoms with E-state index in [0.29, 0.717) is 54.5 Å². The fourth-order valence-electron chi connectivity index (χ4n) is 4.26. The minimum Gasteiger partial charge on any atom is -0.454 e. The van der Waals surface area contributed by atoms with Crippen LogP contribution in [0.25, 0.3) is 0 Å². The van der Waals surface area contributed by atoms with Crippen LogP contribution >= 0.6 is 11.6 Å². The second-order valence-electron chi connectivity index (χ2n) is 7.93. The Labute approximate surface area is 178 Å². The number of ether oxygens (including phenoxy) is 3. The summed E-state index contributed by atoms with van der Waals surface area (Å²) in [5.74, 6) is 2.52. The Morgan fingerprint density at radius 1 is 1.20 bits per heavy atom. The summed E-state index contributed by atoms with van der Waals surface area (Å²) in [7, 11) is 0. The van der Waals surface area contributed by atoms with E-state index in [1.165, 1.54) is 0 Å². The topological polar surface area (TPSA) is 90.2 Å². The van der Waals surface area contributed by atoms with E-state index in [-0.39, 0.29) is 18.3 Å². The first-order chi connectivity index (χ1) is 14.5. The molecule has 5 rings (SSSR count). The van der Waals surface area contributed by atoms with Crippen LogP contribution in [0.15, 0.2) is 16.7 Å². The SMILES string of the molecule is Cc1nc(N2CCC3(CC2)CN(Cc2cc4c(cc2Cl)OCO4)C(=O)CCO3)no1. The molecule has 9 nitrogen and oxygen atoms in total. The molecule has 160 valence electrons. The van der Waals surface area contributed by atoms with Gasteiger partial charge in [0.2, 0.25) is 18.6 Å². The van der Waals surface area contributed by atoms with Crippen LogP contribution in [0.3, 0.4) is 0 Å². The number of aromatic nitrogens is 2. The van der Waals surface area contributed by atoms with E-state index in [0.717, 1.165) is 31.5 Å². The van der Waals surface area contributed by atoms with E-state index in [1.54, 1.807) is 13.0 Å². The average Bonchev–Trinajstić information content (AvgIpc) is 3.33. The number of halogens is 1. The molecule has 0 unspecified atom stereocenters. The molecule has 4 heterocycles. The molecule has 1 aromatic carbocycles. The Balaban J connectivity index is 1.31. The molecule has 0 atom stereocenters. The highest BCUT2D eigenvalue weighted by molar-refractivity contribution is 6.31. The lowest BCUT2D eigenvalue weighted by Crippen LogP contribution is -2.52. The van der Waals surface area contributed by atoms with Crippen LogP contribution in [-0.4, -0.2) is 59.6 Å². The van der Waals surface area contributed by atoms with Crippen LogP contribution < -0.4 is 14.4 Å². The third kappa shape index (κ3) is 3.67. The first-order valence-electron chi connectivity index (χ1n) is 10.1. The average molecular weight is 435 g/mol. The quantitative estimate of drug-likeness (QED) is 0.728. The molecule has 0 N–H and O–H groups in total. The number of amides is 1. The Hall–Kier alpha value is -2.52. The van der Waals surface area contributed by atoms with Gasteiger partial charge in [0.15, 0.2) is 11.5 Å². The van der Waals surface area contributed by atoms with Crippen molar-refractivity contribution in [2.45, 2.75) is 38.3 Å². The van der Waals surface area contributed by atoms with Gasteiger partial charge in [0.25, 0.3) is 5.95 Å². The molecule has 2 fully saturated rings. The van der Waals surface area contributed by atoms with Gasteiger partial charge in [-0.1, -0.05) is 11.6 Å². The van der Waals surface area contributed by atoms with Gasteiger partial charge in [-0.25, -0.2) is 0 Å². The Bertz CT molecular complexity index is 957. The molecule has 3 aliphatic rings. The zero-order valence-corrected chi connectivity index (χ0v) is 17.5. The maximum absolute atomic E-state index is 12.8. The minimum atomic E-state index is -0.385. The van der Waals surface area contributed by atoms with Crippen molar-refractivity contribution in [2.75, 3.05) is 37.9 Å². The van der Waals surface area contributed by atoms with Gasteiger partial charge in [-0.15, -0.1) is 0 Å². The molecule has 3 aliphatic heterocycles. The number of hydrogen-bond donors (Lipinski definition) is 0. The molecule has 1 spiro atoms. The number of rotatable bonds is 3. The molecule has 2 saturated heterocycles. The van der Waals surface area contributed by atoms with Crippen molar-refractivity contribution in [1.29, 1.82) is 0 Å². The summed E-state index contributed by atoms with van der Waals surface area (Å²) < 4.78 is 22.2. The lowest BCUT2D eigenvalue weighted by atomic mass is 9.90. The number of fused-ring (bicyclic) bond motifs is 1. The van der Waals surface area contributed by atoms with Crippen LogP contribution in [-0.2, 0) is 16.1 Å². The smallest absolute Gasteiger partial charge is 0.266 e. The molecule has 0 bridgehead atoms. The van der Waals surface area contributed by atoms with Crippen molar-refractivity contribution in [3.8, 4) is 11.5 Å². The molecular weight excluding hydrogens is 412 g/mol. The summed E-state index contributed by atoms with van der Waals surface area (Å²) in [6.07, 6.45) is 1.91. The van der Waals surface area contributed by atoms with E-state index in [1.807, 2.05) is 11.0 Å². The van der Waals surface area contributed by atoms with Gasteiger partial charge >= 0.3 is 0 Å². The first kappa shape index (κ1) is 19.4. The standard InChI is InChI=1S/C20H23ClN4O5/c1-13-22-19(23-30-13)24-5-3-20(4-6-24)11-25(18(26)2-7-29-20)10-14-8-16-17(9-15(14)21)28-12-27-16/h8-9H,2-7,10-12H2,1H3. The Morgan fingerprint density at radius 3 is 2.70 bits per heavy atom.